The summed E-state index contributed by atoms with van der Waals surface area (Å²) in [6.07, 6.45) is 1.71. The van der Waals surface area contributed by atoms with Gasteiger partial charge in [-0.2, -0.15) is 9.90 Å². The molecule has 0 aliphatic carbocycles. The molecule has 116 valence electrons. The number of aliphatic carboxylic acids is 1. The summed E-state index contributed by atoms with van der Waals surface area (Å²) in [6.45, 7) is 3.52. The standard InChI is InChI=1S/C15H18N4O3/c1-3-15(2,9-13(20)21)17-14(22)12-10-16-19(18-12)11-7-5-4-6-8-11/h4-8,10H,3,9H2,1-2H3,(H,17,22)(H,20,21)/t15-/m1/s1. The van der Waals surface area contributed by atoms with Gasteiger partial charge in [0.15, 0.2) is 5.69 Å². The molecule has 0 aliphatic heterocycles. The molecule has 0 saturated carbocycles. The number of carbonyl (C=O) groups excluding carboxylic acids is 1. The van der Waals surface area contributed by atoms with Crippen LogP contribution in [0.3, 0.4) is 0 Å². The first-order valence-corrected chi connectivity index (χ1v) is 6.95. The highest BCUT2D eigenvalue weighted by molar-refractivity contribution is 5.92. The number of carboxylic acids is 1. The van der Waals surface area contributed by atoms with E-state index in [1.807, 2.05) is 37.3 Å². The van der Waals surface area contributed by atoms with Gasteiger partial charge in [-0.05, 0) is 25.5 Å². The number of carbonyl (C=O) groups is 2. The molecular weight excluding hydrogens is 284 g/mol. The fraction of sp³-hybridized carbons (Fsp3) is 0.333. The van der Waals surface area contributed by atoms with Crippen molar-refractivity contribution in [2.75, 3.05) is 0 Å². The fourth-order valence-corrected chi connectivity index (χ4v) is 1.98. The summed E-state index contributed by atoms with van der Waals surface area (Å²) < 4.78 is 0. The number of rotatable bonds is 6. The Kier molecular flexibility index (Phi) is 4.55. The van der Waals surface area contributed by atoms with Gasteiger partial charge < -0.3 is 10.4 Å². The number of nitrogens with zero attached hydrogens (tertiary/aromatic N) is 3. The zero-order valence-electron chi connectivity index (χ0n) is 12.5. The molecule has 0 bridgehead atoms. The Morgan fingerprint density at radius 2 is 2.00 bits per heavy atom. The molecule has 7 heteroatoms. The van der Waals surface area contributed by atoms with Crippen molar-refractivity contribution >= 4 is 11.9 Å². The van der Waals surface area contributed by atoms with Crippen molar-refractivity contribution in [3.63, 3.8) is 0 Å². The molecular formula is C15H18N4O3. The Morgan fingerprint density at radius 1 is 1.32 bits per heavy atom. The third-order valence-electron chi connectivity index (χ3n) is 3.45. The van der Waals surface area contributed by atoms with Gasteiger partial charge in [-0.3, -0.25) is 9.59 Å². The van der Waals surface area contributed by atoms with Crippen LogP contribution >= 0.6 is 0 Å². The number of hydrogen-bond donors (Lipinski definition) is 2. The molecule has 2 aromatic rings. The summed E-state index contributed by atoms with van der Waals surface area (Å²) in [5, 5.41) is 19.8. The van der Waals surface area contributed by atoms with Crippen molar-refractivity contribution < 1.29 is 14.7 Å². The molecule has 1 amide bonds. The Labute approximate surface area is 128 Å². The van der Waals surface area contributed by atoms with Gasteiger partial charge in [-0.25, -0.2) is 0 Å². The van der Waals surface area contributed by atoms with Crippen LogP contribution in [0.2, 0.25) is 0 Å². The normalized spacial score (nSPS) is 13.4. The Morgan fingerprint density at radius 3 is 2.59 bits per heavy atom. The Balaban J connectivity index is 2.14. The van der Waals surface area contributed by atoms with Gasteiger partial charge in [0.25, 0.3) is 5.91 Å². The van der Waals surface area contributed by atoms with E-state index in [0.29, 0.717) is 6.42 Å². The average molecular weight is 302 g/mol. The minimum atomic E-state index is -0.961. The lowest BCUT2D eigenvalue weighted by Crippen LogP contribution is -2.47. The minimum Gasteiger partial charge on any atom is -0.481 e. The topological polar surface area (TPSA) is 97.1 Å². The summed E-state index contributed by atoms with van der Waals surface area (Å²) in [7, 11) is 0. The van der Waals surface area contributed by atoms with Gasteiger partial charge in [0, 0.05) is 5.54 Å². The van der Waals surface area contributed by atoms with E-state index in [-0.39, 0.29) is 12.1 Å². The number of hydrogen-bond acceptors (Lipinski definition) is 4. The highest BCUT2D eigenvalue weighted by Crippen LogP contribution is 2.15. The second kappa shape index (κ2) is 6.38. The number of aromatic nitrogens is 3. The molecule has 0 unspecified atom stereocenters. The maximum absolute atomic E-state index is 12.2. The van der Waals surface area contributed by atoms with Crippen LogP contribution in [-0.2, 0) is 4.79 Å². The third-order valence-corrected chi connectivity index (χ3v) is 3.45. The Bertz CT molecular complexity index is 668. The summed E-state index contributed by atoms with van der Waals surface area (Å²) in [4.78, 5) is 24.5. The lowest BCUT2D eigenvalue weighted by Gasteiger charge is -2.27. The minimum absolute atomic E-state index is 0.147. The quantitative estimate of drug-likeness (QED) is 0.845. The molecule has 1 heterocycles. The maximum Gasteiger partial charge on any atom is 0.305 e. The van der Waals surface area contributed by atoms with Crippen LogP contribution in [0.1, 0.15) is 37.2 Å². The van der Waals surface area contributed by atoms with Crippen LogP contribution in [0.5, 0.6) is 0 Å². The second-order valence-corrected chi connectivity index (χ2v) is 5.29. The highest BCUT2D eigenvalue weighted by atomic mass is 16.4. The lowest BCUT2D eigenvalue weighted by molar-refractivity contribution is -0.138. The smallest absolute Gasteiger partial charge is 0.305 e. The fourth-order valence-electron chi connectivity index (χ4n) is 1.98. The van der Waals surface area contributed by atoms with Gasteiger partial charge >= 0.3 is 5.97 Å². The number of para-hydroxylation sites is 1. The van der Waals surface area contributed by atoms with Crippen molar-refractivity contribution in [3.05, 3.63) is 42.2 Å². The first-order chi connectivity index (χ1) is 10.4. The monoisotopic (exact) mass is 302 g/mol. The number of carboxylic acid groups (broad SMARTS) is 1. The van der Waals surface area contributed by atoms with Crippen molar-refractivity contribution in [1.29, 1.82) is 0 Å². The van der Waals surface area contributed by atoms with Gasteiger partial charge in [-0.15, -0.1) is 5.10 Å². The SMILES string of the molecule is CC[C@](C)(CC(=O)O)NC(=O)c1cnn(-c2ccccc2)n1. The molecule has 0 radical (unpaired) electrons. The van der Waals surface area contributed by atoms with E-state index in [1.165, 1.54) is 11.0 Å². The number of amides is 1. The van der Waals surface area contributed by atoms with Gasteiger partial charge in [0.05, 0.1) is 18.3 Å². The van der Waals surface area contributed by atoms with E-state index >= 15 is 0 Å². The van der Waals surface area contributed by atoms with Crippen LogP contribution in [0.15, 0.2) is 36.5 Å². The van der Waals surface area contributed by atoms with Crippen LogP contribution in [0, 0.1) is 0 Å². The van der Waals surface area contributed by atoms with Crippen LogP contribution < -0.4 is 5.32 Å². The van der Waals surface area contributed by atoms with E-state index in [2.05, 4.69) is 15.5 Å². The van der Waals surface area contributed by atoms with Crippen molar-refractivity contribution in [2.24, 2.45) is 0 Å². The number of nitrogens with one attached hydrogen (secondary N) is 1. The summed E-state index contributed by atoms with van der Waals surface area (Å²) >= 11 is 0. The zero-order chi connectivity index (χ0) is 16.2. The molecule has 1 aromatic heterocycles. The maximum atomic E-state index is 12.2. The molecule has 2 rings (SSSR count). The molecule has 7 nitrogen and oxygen atoms in total. The molecule has 2 N–H and O–H groups in total. The van der Waals surface area contributed by atoms with E-state index in [0.717, 1.165) is 5.69 Å². The van der Waals surface area contributed by atoms with E-state index in [4.69, 9.17) is 5.11 Å². The second-order valence-electron chi connectivity index (χ2n) is 5.29. The molecule has 0 saturated heterocycles. The molecule has 0 fully saturated rings. The molecule has 0 spiro atoms. The number of benzene rings is 1. The summed E-state index contributed by atoms with van der Waals surface area (Å²) in [5.41, 5.74) is 0.0682. The van der Waals surface area contributed by atoms with Crippen LogP contribution in [-0.4, -0.2) is 37.5 Å². The van der Waals surface area contributed by atoms with Gasteiger partial charge in [0.2, 0.25) is 0 Å². The average Bonchev–Trinajstić information content (AvgIpc) is 2.97. The first kappa shape index (κ1) is 15.7. The molecule has 1 atom stereocenters. The lowest BCUT2D eigenvalue weighted by atomic mass is 9.94. The van der Waals surface area contributed by atoms with Crippen LogP contribution in [0.4, 0.5) is 0 Å². The zero-order valence-corrected chi connectivity index (χ0v) is 12.5. The predicted molar refractivity (Wildman–Crippen MR) is 79.8 cm³/mol. The van der Waals surface area contributed by atoms with Gasteiger partial charge in [0.1, 0.15) is 0 Å². The van der Waals surface area contributed by atoms with E-state index in [1.54, 1.807) is 6.92 Å². The molecule has 0 aliphatic rings. The van der Waals surface area contributed by atoms with Crippen molar-refractivity contribution in [1.82, 2.24) is 20.3 Å². The van der Waals surface area contributed by atoms with E-state index < -0.39 is 17.4 Å². The highest BCUT2D eigenvalue weighted by Gasteiger charge is 2.28. The largest absolute Gasteiger partial charge is 0.481 e. The summed E-state index contributed by atoms with van der Waals surface area (Å²) in [6, 6.07) is 9.21. The Hall–Kier alpha value is -2.70. The van der Waals surface area contributed by atoms with Crippen LogP contribution in [0.25, 0.3) is 5.69 Å². The van der Waals surface area contributed by atoms with Crippen molar-refractivity contribution in [3.8, 4) is 5.69 Å². The van der Waals surface area contributed by atoms with E-state index in [9.17, 15) is 9.59 Å². The predicted octanol–water partition coefficient (Wildman–Crippen LogP) is 1.64. The molecule has 1 aromatic carbocycles. The first-order valence-electron chi connectivity index (χ1n) is 6.95. The molecule has 22 heavy (non-hydrogen) atoms. The third kappa shape index (κ3) is 3.69. The summed E-state index contributed by atoms with van der Waals surface area (Å²) in [5.74, 6) is -1.40. The van der Waals surface area contributed by atoms with Crippen molar-refractivity contribution in [2.45, 2.75) is 32.2 Å². The van der Waals surface area contributed by atoms with Gasteiger partial charge in [-0.1, -0.05) is 25.1 Å².